The summed E-state index contributed by atoms with van der Waals surface area (Å²) in [6.45, 7) is 2.30. The van der Waals surface area contributed by atoms with Gasteiger partial charge in [0.2, 0.25) is 0 Å². The molecule has 0 amide bonds. The average Bonchev–Trinajstić information content (AvgIpc) is 2.74. The van der Waals surface area contributed by atoms with Crippen LogP contribution in [0, 0.1) is 0 Å². The molecule has 29 heavy (non-hydrogen) atoms. The van der Waals surface area contributed by atoms with Crippen molar-refractivity contribution in [1.29, 1.82) is 0 Å². The molecule has 0 aliphatic carbocycles. The molecule has 0 aromatic heterocycles. The normalized spacial score (nSPS) is 11.2. The van der Waals surface area contributed by atoms with E-state index in [1.807, 2.05) is 0 Å². The van der Waals surface area contributed by atoms with E-state index in [0.29, 0.717) is 0 Å². The molecular formula is C28H55S. The molecule has 0 atom stereocenters. The van der Waals surface area contributed by atoms with E-state index in [1.165, 1.54) is 161 Å². The molecule has 0 aliphatic heterocycles. The van der Waals surface area contributed by atoms with Gasteiger partial charge in [0, 0.05) is 5.37 Å². The molecule has 0 N–H and O–H groups in total. The van der Waals surface area contributed by atoms with Gasteiger partial charge in [-0.3, -0.25) is 0 Å². The van der Waals surface area contributed by atoms with E-state index in [1.54, 1.807) is 0 Å². The van der Waals surface area contributed by atoms with Crippen LogP contribution < -0.4 is 0 Å². The minimum atomic E-state index is 1.01. The molecule has 0 fully saturated rings. The van der Waals surface area contributed by atoms with E-state index in [9.17, 15) is 0 Å². The van der Waals surface area contributed by atoms with E-state index in [2.05, 4.69) is 12.3 Å². The van der Waals surface area contributed by atoms with Crippen LogP contribution in [0.1, 0.15) is 174 Å². The van der Waals surface area contributed by atoms with Gasteiger partial charge in [0.25, 0.3) is 0 Å². The highest BCUT2D eigenvalue weighted by molar-refractivity contribution is 7.78. The van der Waals surface area contributed by atoms with Gasteiger partial charge < -0.3 is 0 Å². The van der Waals surface area contributed by atoms with Crippen LogP contribution in [-0.2, 0) is 0 Å². The summed E-state index contributed by atoms with van der Waals surface area (Å²) in [5.41, 5.74) is 0. The molecule has 0 nitrogen and oxygen atoms in total. The van der Waals surface area contributed by atoms with Gasteiger partial charge in [-0.25, -0.2) is 0 Å². The molecule has 0 saturated heterocycles. The predicted octanol–water partition coefficient (Wildman–Crippen LogP) is 11.0. The Morgan fingerprint density at radius 3 is 0.759 bits per heavy atom. The molecule has 0 saturated carbocycles. The Balaban J connectivity index is 2.97. The van der Waals surface area contributed by atoms with Gasteiger partial charge in [-0.05, 0) is 12.8 Å². The molecule has 0 spiro atoms. The monoisotopic (exact) mass is 423 g/mol. The van der Waals surface area contributed by atoms with Gasteiger partial charge >= 0.3 is 0 Å². The van der Waals surface area contributed by atoms with Crippen LogP contribution in [0.15, 0.2) is 0 Å². The molecule has 0 aliphatic rings. The smallest absolute Gasteiger partial charge is 0.0291 e. The summed E-state index contributed by atoms with van der Waals surface area (Å²) in [7, 11) is 0. The zero-order valence-electron chi connectivity index (χ0n) is 20.3. The zero-order chi connectivity index (χ0) is 21.1. The first kappa shape index (κ1) is 29.1. The Bertz CT molecular complexity index is 286. The minimum Gasteiger partial charge on any atom is -0.0837 e. The topological polar surface area (TPSA) is 0 Å². The van der Waals surface area contributed by atoms with Crippen molar-refractivity contribution in [2.24, 2.45) is 0 Å². The Morgan fingerprint density at radius 1 is 0.345 bits per heavy atom. The maximum atomic E-state index is 4.74. The Morgan fingerprint density at radius 2 is 0.552 bits per heavy atom. The van der Waals surface area contributed by atoms with E-state index < -0.39 is 0 Å². The number of hydrogen-bond acceptors (Lipinski definition) is 1. The molecule has 1 heteroatoms. The third-order valence-corrected chi connectivity index (χ3v) is 6.59. The van der Waals surface area contributed by atoms with Crippen LogP contribution in [0.25, 0.3) is 0 Å². The summed E-state index contributed by atoms with van der Waals surface area (Å²) < 4.78 is 0. The molecule has 173 valence electrons. The highest BCUT2D eigenvalue weighted by Gasteiger charge is 1.96. The molecule has 1 radical (unpaired) electrons. The first-order chi connectivity index (χ1) is 14.4. The van der Waals surface area contributed by atoms with Gasteiger partial charge in [-0.2, -0.15) is 0 Å². The highest BCUT2D eigenvalue weighted by atomic mass is 32.1. The van der Waals surface area contributed by atoms with Crippen LogP contribution in [0.4, 0.5) is 0 Å². The second kappa shape index (κ2) is 28.1. The van der Waals surface area contributed by atoms with Crippen molar-refractivity contribution in [3.8, 4) is 0 Å². The fraction of sp³-hybridized carbons (Fsp3) is 0.964. The standard InChI is InChI=1S/C28H55S/c1-2-3-4-5-6-7-8-9-10-11-12-13-14-15-16-17-18-19-20-21-22-23-24-25-26-27-28-29/h2-27H2,1H3. The molecule has 0 heterocycles. The van der Waals surface area contributed by atoms with Crippen molar-refractivity contribution in [3.05, 3.63) is 0 Å². The van der Waals surface area contributed by atoms with E-state index in [4.69, 9.17) is 12.2 Å². The Hall–Kier alpha value is 0.0900. The summed E-state index contributed by atoms with van der Waals surface area (Å²) >= 11 is 4.74. The molecule has 0 aromatic rings. The number of thiocarbonyl (C=S) groups is 1. The molecule has 0 rings (SSSR count). The summed E-state index contributed by atoms with van der Waals surface area (Å²) in [4.78, 5) is 0. The highest BCUT2D eigenvalue weighted by Crippen LogP contribution is 2.15. The fourth-order valence-electron chi connectivity index (χ4n) is 4.34. The number of unbranched alkanes of at least 4 members (excludes halogenated alkanes) is 25. The Kier molecular flexibility index (Phi) is 28.2. The minimum absolute atomic E-state index is 1.01. The summed E-state index contributed by atoms with van der Waals surface area (Å²) in [6.07, 6.45) is 37.3. The van der Waals surface area contributed by atoms with Crippen LogP contribution >= 0.6 is 12.2 Å². The molecule has 0 aromatic carbocycles. The lowest BCUT2D eigenvalue weighted by Gasteiger charge is -2.04. The van der Waals surface area contributed by atoms with Gasteiger partial charge in [0.15, 0.2) is 0 Å². The van der Waals surface area contributed by atoms with Gasteiger partial charge in [0.1, 0.15) is 0 Å². The second-order valence-electron chi connectivity index (χ2n) is 9.38. The van der Waals surface area contributed by atoms with Gasteiger partial charge in [-0.1, -0.05) is 173 Å². The maximum absolute atomic E-state index is 4.74. The maximum Gasteiger partial charge on any atom is 0.0291 e. The second-order valence-corrected chi connectivity index (χ2v) is 9.67. The lowest BCUT2D eigenvalue weighted by molar-refractivity contribution is 0.516. The van der Waals surface area contributed by atoms with Crippen molar-refractivity contribution in [2.75, 3.05) is 0 Å². The van der Waals surface area contributed by atoms with Crippen molar-refractivity contribution in [1.82, 2.24) is 0 Å². The van der Waals surface area contributed by atoms with E-state index >= 15 is 0 Å². The van der Waals surface area contributed by atoms with Crippen molar-refractivity contribution in [2.45, 2.75) is 174 Å². The molecule has 0 bridgehead atoms. The zero-order valence-corrected chi connectivity index (χ0v) is 21.1. The van der Waals surface area contributed by atoms with Gasteiger partial charge in [-0.15, -0.1) is 0 Å². The predicted molar refractivity (Wildman–Crippen MR) is 138 cm³/mol. The van der Waals surface area contributed by atoms with Crippen LogP contribution in [0.3, 0.4) is 0 Å². The first-order valence-corrected chi connectivity index (χ1v) is 14.2. The number of hydrogen-bond donors (Lipinski definition) is 0. The largest absolute Gasteiger partial charge is 0.0837 e. The van der Waals surface area contributed by atoms with Crippen molar-refractivity contribution >= 4 is 17.6 Å². The van der Waals surface area contributed by atoms with Gasteiger partial charge in [0.05, 0.1) is 0 Å². The quantitative estimate of drug-likeness (QED) is 0.0984. The summed E-state index contributed by atoms with van der Waals surface area (Å²) in [5.74, 6) is 0. The summed E-state index contributed by atoms with van der Waals surface area (Å²) in [5, 5.41) is 2.82. The van der Waals surface area contributed by atoms with Crippen LogP contribution in [-0.4, -0.2) is 5.37 Å². The summed E-state index contributed by atoms with van der Waals surface area (Å²) in [6, 6.07) is 0. The molecular weight excluding hydrogens is 368 g/mol. The fourth-order valence-corrected chi connectivity index (χ4v) is 4.48. The Labute approximate surface area is 191 Å². The van der Waals surface area contributed by atoms with E-state index in [-0.39, 0.29) is 0 Å². The third kappa shape index (κ3) is 28.1. The lowest BCUT2D eigenvalue weighted by atomic mass is 10.0. The molecule has 0 unspecified atom stereocenters. The van der Waals surface area contributed by atoms with Crippen LogP contribution in [0.5, 0.6) is 0 Å². The van der Waals surface area contributed by atoms with Crippen molar-refractivity contribution in [3.63, 3.8) is 0 Å². The first-order valence-electron chi connectivity index (χ1n) is 13.8. The number of rotatable bonds is 26. The lowest BCUT2D eigenvalue weighted by Crippen LogP contribution is -1.84. The van der Waals surface area contributed by atoms with E-state index in [0.717, 1.165) is 6.42 Å². The third-order valence-electron chi connectivity index (χ3n) is 6.38. The average molecular weight is 424 g/mol. The van der Waals surface area contributed by atoms with Crippen LogP contribution in [0.2, 0.25) is 0 Å². The SMILES string of the molecule is CCCCCCCCCCCCCCCCCCCCCCCCCCC[C]=S. The van der Waals surface area contributed by atoms with Crippen molar-refractivity contribution < 1.29 is 0 Å².